The van der Waals surface area contributed by atoms with E-state index in [0.717, 1.165) is 24.2 Å². The lowest BCUT2D eigenvalue weighted by molar-refractivity contribution is 0.558. The van der Waals surface area contributed by atoms with Crippen LogP contribution in [0.2, 0.25) is 0 Å². The van der Waals surface area contributed by atoms with Gasteiger partial charge in [0, 0.05) is 30.7 Å². The average Bonchev–Trinajstić information content (AvgIpc) is 3.06. The first kappa shape index (κ1) is 11.2. The van der Waals surface area contributed by atoms with Crippen molar-refractivity contribution >= 4 is 0 Å². The fourth-order valence-corrected chi connectivity index (χ4v) is 4.12. The third-order valence-corrected chi connectivity index (χ3v) is 4.97. The quantitative estimate of drug-likeness (QED) is 0.624. The molecule has 2 aliphatic rings. The van der Waals surface area contributed by atoms with E-state index in [9.17, 15) is 0 Å². The van der Waals surface area contributed by atoms with Crippen LogP contribution in [0.3, 0.4) is 0 Å². The summed E-state index contributed by atoms with van der Waals surface area (Å²) in [6.07, 6.45) is 5.55. The molecule has 1 heterocycles. The summed E-state index contributed by atoms with van der Waals surface area (Å²) >= 11 is 0. The van der Waals surface area contributed by atoms with Crippen molar-refractivity contribution in [1.82, 2.24) is 9.97 Å². The van der Waals surface area contributed by atoms with Gasteiger partial charge in [-0.2, -0.15) is 0 Å². The van der Waals surface area contributed by atoms with Gasteiger partial charge in [-0.15, -0.1) is 0 Å². The lowest BCUT2D eigenvalue weighted by Gasteiger charge is -2.25. The van der Waals surface area contributed by atoms with Crippen LogP contribution in [0.1, 0.15) is 22.5 Å². The minimum Gasteiger partial charge on any atom is -0.258 e. The largest absolute Gasteiger partial charge is 0.258 e. The molecule has 0 amide bonds. The average molecular weight is 270 g/mol. The van der Waals surface area contributed by atoms with Crippen LogP contribution in [-0.2, 0) is 18.3 Å². The molecule has 0 unspecified atom stereocenters. The standard InChI is InChI=1S/C19H14N2/c1-3-7-15-13(5-1)14-6-2-4-8-16(14)19(15)11-17-18(12-19)21-10-9-20-17/h1-10H,11-12H2. The van der Waals surface area contributed by atoms with Crippen molar-refractivity contribution in [3.8, 4) is 11.1 Å². The molecule has 0 fully saturated rings. The summed E-state index contributed by atoms with van der Waals surface area (Å²) in [4.78, 5) is 9.12. The molecule has 2 aliphatic carbocycles. The highest BCUT2D eigenvalue weighted by molar-refractivity contribution is 5.81. The number of benzene rings is 2. The fraction of sp³-hybridized carbons (Fsp3) is 0.158. The van der Waals surface area contributed by atoms with E-state index in [1.54, 1.807) is 0 Å². The van der Waals surface area contributed by atoms with E-state index in [-0.39, 0.29) is 5.41 Å². The lowest BCUT2D eigenvalue weighted by atomic mass is 9.76. The number of aromatic nitrogens is 2. The van der Waals surface area contributed by atoms with Crippen molar-refractivity contribution in [1.29, 1.82) is 0 Å². The maximum Gasteiger partial charge on any atom is 0.0631 e. The van der Waals surface area contributed by atoms with Crippen LogP contribution in [0.15, 0.2) is 60.9 Å². The zero-order valence-corrected chi connectivity index (χ0v) is 11.6. The second-order valence-electron chi connectivity index (χ2n) is 5.98. The normalized spacial score (nSPS) is 16.6. The van der Waals surface area contributed by atoms with E-state index in [1.807, 2.05) is 12.4 Å². The number of nitrogens with zero attached hydrogens (tertiary/aromatic N) is 2. The Kier molecular flexibility index (Phi) is 2.02. The second-order valence-corrected chi connectivity index (χ2v) is 5.98. The summed E-state index contributed by atoms with van der Waals surface area (Å²) in [7, 11) is 0. The van der Waals surface area contributed by atoms with Gasteiger partial charge < -0.3 is 0 Å². The predicted molar refractivity (Wildman–Crippen MR) is 82.1 cm³/mol. The molecule has 21 heavy (non-hydrogen) atoms. The molecular weight excluding hydrogens is 256 g/mol. The molecule has 3 aromatic rings. The SMILES string of the molecule is c1ccc2c(c1)-c1ccccc1C21Cc2nccnc2C1. The van der Waals surface area contributed by atoms with Gasteiger partial charge in [0.15, 0.2) is 0 Å². The van der Waals surface area contributed by atoms with Crippen molar-refractivity contribution in [3.63, 3.8) is 0 Å². The molecule has 100 valence electrons. The van der Waals surface area contributed by atoms with Gasteiger partial charge in [0.25, 0.3) is 0 Å². The van der Waals surface area contributed by atoms with Crippen LogP contribution < -0.4 is 0 Å². The first-order valence-corrected chi connectivity index (χ1v) is 7.37. The maximum absolute atomic E-state index is 4.56. The van der Waals surface area contributed by atoms with Crippen LogP contribution >= 0.6 is 0 Å². The van der Waals surface area contributed by atoms with Gasteiger partial charge in [-0.05, 0) is 22.3 Å². The Morgan fingerprint density at radius 1 is 0.667 bits per heavy atom. The van der Waals surface area contributed by atoms with E-state index in [0.29, 0.717) is 0 Å². The summed E-state index contributed by atoms with van der Waals surface area (Å²) in [6.45, 7) is 0. The molecule has 0 atom stereocenters. The minimum absolute atomic E-state index is 0.0386. The monoisotopic (exact) mass is 270 g/mol. The van der Waals surface area contributed by atoms with Crippen molar-refractivity contribution in [3.05, 3.63) is 83.4 Å². The second kappa shape index (κ2) is 3.79. The molecule has 2 heteroatoms. The molecule has 1 aromatic heterocycles. The molecule has 2 nitrogen and oxygen atoms in total. The van der Waals surface area contributed by atoms with E-state index in [4.69, 9.17) is 0 Å². The highest BCUT2D eigenvalue weighted by Gasteiger charge is 2.47. The van der Waals surface area contributed by atoms with Crippen LogP contribution in [0.5, 0.6) is 0 Å². The number of fused-ring (bicyclic) bond motifs is 6. The molecular formula is C19H14N2. The summed E-state index contributed by atoms with van der Waals surface area (Å²) in [5.74, 6) is 0. The summed E-state index contributed by atoms with van der Waals surface area (Å²) in [6, 6.07) is 17.6. The molecule has 0 saturated heterocycles. The lowest BCUT2D eigenvalue weighted by Crippen LogP contribution is -2.25. The van der Waals surface area contributed by atoms with Gasteiger partial charge in [-0.25, -0.2) is 0 Å². The predicted octanol–water partition coefficient (Wildman–Crippen LogP) is 3.54. The third kappa shape index (κ3) is 1.32. The van der Waals surface area contributed by atoms with Crippen molar-refractivity contribution in [2.45, 2.75) is 18.3 Å². The van der Waals surface area contributed by atoms with Crippen LogP contribution in [0.25, 0.3) is 11.1 Å². The fourth-order valence-electron chi connectivity index (χ4n) is 4.12. The smallest absolute Gasteiger partial charge is 0.0631 e. The van der Waals surface area contributed by atoms with Gasteiger partial charge in [0.2, 0.25) is 0 Å². The highest BCUT2D eigenvalue weighted by atomic mass is 14.8. The summed E-state index contributed by atoms with van der Waals surface area (Å²) < 4.78 is 0. The van der Waals surface area contributed by atoms with Crippen molar-refractivity contribution < 1.29 is 0 Å². The first-order valence-electron chi connectivity index (χ1n) is 7.37. The Bertz CT molecular complexity index is 794. The summed E-state index contributed by atoms with van der Waals surface area (Å²) in [5.41, 5.74) is 7.98. The highest BCUT2D eigenvalue weighted by Crippen LogP contribution is 2.54. The van der Waals surface area contributed by atoms with Gasteiger partial charge in [0.05, 0.1) is 11.4 Å². The van der Waals surface area contributed by atoms with E-state index in [2.05, 4.69) is 58.5 Å². The molecule has 0 bridgehead atoms. The van der Waals surface area contributed by atoms with Crippen molar-refractivity contribution in [2.75, 3.05) is 0 Å². The van der Waals surface area contributed by atoms with Gasteiger partial charge in [-0.3, -0.25) is 9.97 Å². The van der Waals surface area contributed by atoms with E-state index < -0.39 is 0 Å². The molecule has 1 spiro atoms. The van der Waals surface area contributed by atoms with Crippen LogP contribution in [0, 0.1) is 0 Å². The zero-order chi connectivity index (χ0) is 13.9. The number of hydrogen-bond acceptors (Lipinski definition) is 2. The number of hydrogen-bond donors (Lipinski definition) is 0. The number of rotatable bonds is 0. The van der Waals surface area contributed by atoms with Gasteiger partial charge >= 0.3 is 0 Å². The van der Waals surface area contributed by atoms with Gasteiger partial charge in [0.1, 0.15) is 0 Å². The Hall–Kier alpha value is -2.48. The summed E-state index contributed by atoms with van der Waals surface area (Å²) in [5, 5.41) is 0. The molecule has 0 radical (unpaired) electrons. The molecule has 2 aromatic carbocycles. The Balaban J connectivity index is 1.82. The Labute approximate surface area is 123 Å². The molecule has 0 aliphatic heterocycles. The zero-order valence-electron chi connectivity index (χ0n) is 11.6. The van der Waals surface area contributed by atoms with E-state index in [1.165, 1.54) is 22.3 Å². The van der Waals surface area contributed by atoms with Crippen LogP contribution in [-0.4, -0.2) is 9.97 Å². The van der Waals surface area contributed by atoms with Gasteiger partial charge in [-0.1, -0.05) is 48.5 Å². The Morgan fingerprint density at radius 3 is 1.67 bits per heavy atom. The topological polar surface area (TPSA) is 25.8 Å². The van der Waals surface area contributed by atoms with Crippen molar-refractivity contribution in [2.24, 2.45) is 0 Å². The Morgan fingerprint density at radius 2 is 1.14 bits per heavy atom. The minimum atomic E-state index is 0.0386. The van der Waals surface area contributed by atoms with Crippen LogP contribution in [0.4, 0.5) is 0 Å². The molecule has 5 rings (SSSR count). The molecule has 0 saturated carbocycles. The van der Waals surface area contributed by atoms with E-state index >= 15 is 0 Å². The maximum atomic E-state index is 4.56. The molecule has 0 N–H and O–H groups in total. The first-order chi connectivity index (χ1) is 10.4. The third-order valence-electron chi connectivity index (χ3n) is 4.97.